The van der Waals surface area contributed by atoms with Crippen LogP contribution in [0.5, 0.6) is 0 Å². The highest BCUT2D eigenvalue weighted by Gasteiger charge is 2.24. The Morgan fingerprint density at radius 2 is 1.60 bits per heavy atom. The van der Waals surface area contributed by atoms with Crippen molar-refractivity contribution in [3.63, 3.8) is 0 Å². The molecule has 4 aromatic rings. The molecule has 1 aromatic heterocycles. The number of hydrogen-bond donors (Lipinski definition) is 4. The number of H-pyrrole nitrogens is 1. The third-order valence-corrected chi connectivity index (χ3v) is 6.03. The number of rotatable bonds is 7. The average molecular weight is 535 g/mol. The van der Waals surface area contributed by atoms with Gasteiger partial charge in [0.1, 0.15) is 12.6 Å². The van der Waals surface area contributed by atoms with Gasteiger partial charge in [-0.05, 0) is 45.3 Å². The van der Waals surface area contributed by atoms with E-state index in [9.17, 15) is 14.4 Å². The molecule has 0 fully saturated rings. The summed E-state index contributed by atoms with van der Waals surface area (Å²) in [6, 6.07) is 22.7. The van der Waals surface area contributed by atoms with Gasteiger partial charge < -0.3 is 15.0 Å². The van der Waals surface area contributed by atoms with E-state index in [2.05, 4.69) is 37.1 Å². The number of benzene rings is 3. The van der Waals surface area contributed by atoms with Crippen molar-refractivity contribution in [3.8, 4) is 0 Å². The van der Waals surface area contributed by atoms with Crippen LogP contribution in [0.25, 0.3) is 10.9 Å². The van der Waals surface area contributed by atoms with Gasteiger partial charge in [0.05, 0.1) is 5.56 Å². The summed E-state index contributed by atoms with van der Waals surface area (Å²) < 4.78 is 5.88. The van der Waals surface area contributed by atoms with Crippen molar-refractivity contribution in [1.29, 1.82) is 0 Å². The summed E-state index contributed by atoms with van der Waals surface area (Å²) in [6.07, 6.45) is 1.23. The standard InChI is InChI=1S/C26H23BrN4O4/c27-21-12-6-4-11-20(21)24(32)30-31-25(33)23(14-18-15-28-22-13-7-5-10-19(18)22)29-26(34)35-16-17-8-2-1-3-9-17/h1-13,15,23,28H,14,16H2,(H,29,34)(H,30,32)(H,31,33)/t23-/m0/s1. The number of hydrazine groups is 1. The van der Waals surface area contributed by atoms with Gasteiger partial charge in [-0.2, -0.15) is 0 Å². The normalized spacial score (nSPS) is 11.5. The second kappa shape index (κ2) is 11.3. The first-order valence-corrected chi connectivity index (χ1v) is 11.7. The fourth-order valence-corrected chi connectivity index (χ4v) is 4.02. The summed E-state index contributed by atoms with van der Waals surface area (Å²) in [4.78, 5) is 41.2. The molecule has 3 amide bonds. The van der Waals surface area contributed by atoms with Crippen LogP contribution in [0, 0.1) is 0 Å². The number of aromatic nitrogens is 1. The number of carbonyl (C=O) groups excluding carboxylic acids is 3. The maximum Gasteiger partial charge on any atom is 0.408 e. The lowest BCUT2D eigenvalue weighted by molar-refractivity contribution is -0.123. The van der Waals surface area contributed by atoms with Crippen LogP contribution >= 0.6 is 15.9 Å². The summed E-state index contributed by atoms with van der Waals surface area (Å²) in [5, 5.41) is 3.55. The van der Waals surface area contributed by atoms with Gasteiger partial charge >= 0.3 is 6.09 Å². The van der Waals surface area contributed by atoms with E-state index in [1.807, 2.05) is 54.6 Å². The van der Waals surface area contributed by atoms with E-state index in [1.54, 1.807) is 30.5 Å². The molecule has 4 rings (SSSR count). The molecule has 35 heavy (non-hydrogen) atoms. The number of nitrogens with one attached hydrogen (secondary N) is 4. The largest absolute Gasteiger partial charge is 0.445 e. The van der Waals surface area contributed by atoms with Crippen molar-refractivity contribution >= 4 is 44.7 Å². The summed E-state index contributed by atoms with van der Waals surface area (Å²) in [5.41, 5.74) is 7.73. The minimum atomic E-state index is -1.00. The number of amides is 3. The Morgan fingerprint density at radius 3 is 2.40 bits per heavy atom. The molecule has 0 radical (unpaired) electrons. The highest BCUT2D eigenvalue weighted by Crippen LogP contribution is 2.19. The zero-order valence-electron chi connectivity index (χ0n) is 18.6. The highest BCUT2D eigenvalue weighted by atomic mass is 79.9. The SMILES string of the molecule is O=C(N[C@@H](Cc1c[nH]c2ccccc12)C(=O)NNC(=O)c1ccccc1Br)OCc1ccccc1. The maximum atomic E-state index is 13.0. The van der Waals surface area contributed by atoms with Crippen LogP contribution in [0.4, 0.5) is 4.79 Å². The van der Waals surface area contributed by atoms with Crippen molar-refractivity contribution in [2.45, 2.75) is 19.1 Å². The summed E-state index contributed by atoms with van der Waals surface area (Å²) in [7, 11) is 0. The topological polar surface area (TPSA) is 112 Å². The molecule has 0 aliphatic heterocycles. The van der Waals surface area contributed by atoms with Gasteiger partial charge in [-0.25, -0.2) is 4.79 Å². The Hall–Kier alpha value is -4.11. The Labute approximate surface area is 210 Å². The fourth-order valence-electron chi connectivity index (χ4n) is 3.55. The molecule has 0 saturated carbocycles. The van der Waals surface area contributed by atoms with E-state index < -0.39 is 23.9 Å². The number of hydrogen-bond acceptors (Lipinski definition) is 4. The number of aromatic amines is 1. The van der Waals surface area contributed by atoms with Crippen molar-refractivity contribution in [3.05, 3.63) is 106 Å². The fraction of sp³-hybridized carbons (Fsp3) is 0.115. The first-order chi connectivity index (χ1) is 17.0. The van der Waals surface area contributed by atoms with Crippen molar-refractivity contribution in [1.82, 2.24) is 21.2 Å². The minimum absolute atomic E-state index is 0.0624. The van der Waals surface area contributed by atoms with Crippen LogP contribution < -0.4 is 16.2 Å². The van der Waals surface area contributed by atoms with Crippen LogP contribution in [0.2, 0.25) is 0 Å². The third kappa shape index (κ3) is 6.27. The van der Waals surface area contributed by atoms with Gasteiger partial charge in [-0.3, -0.25) is 20.4 Å². The van der Waals surface area contributed by atoms with Gasteiger partial charge in [-0.1, -0.05) is 60.7 Å². The summed E-state index contributed by atoms with van der Waals surface area (Å²) in [6.45, 7) is 0.0624. The zero-order valence-corrected chi connectivity index (χ0v) is 20.2. The molecule has 8 nitrogen and oxygen atoms in total. The molecule has 0 saturated heterocycles. The number of halogens is 1. The third-order valence-electron chi connectivity index (χ3n) is 5.34. The average Bonchev–Trinajstić information content (AvgIpc) is 3.29. The lowest BCUT2D eigenvalue weighted by Gasteiger charge is -2.19. The predicted molar refractivity (Wildman–Crippen MR) is 135 cm³/mol. The molecule has 1 heterocycles. The Morgan fingerprint density at radius 1 is 0.886 bits per heavy atom. The molecule has 9 heteroatoms. The lowest BCUT2D eigenvalue weighted by Crippen LogP contribution is -2.53. The zero-order chi connectivity index (χ0) is 24.6. The number of carbonyl (C=O) groups is 3. The summed E-state index contributed by atoms with van der Waals surface area (Å²) >= 11 is 3.31. The number of alkyl carbamates (subject to hydrolysis) is 1. The maximum absolute atomic E-state index is 13.0. The van der Waals surface area contributed by atoms with Gasteiger partial charge in [0.2, 0.25) is 0 Å². The number of para-hydroxylation sites is 1. The van der Waals surface area contributed by atoms with Crippen LogP contribution in [0.1, 0.15) is 21.5 Å². The molecule has 4 N–H and O–H groups in total. The van der Waals surface area contributed by atoms with E-state index in [0.717, 1.165) is 22.0 Å². The molecule has 178 valence electrons. The smallest absolute Gasteiger partial charge is 0.408 e. The van der Waals surface area contributed by atoms with Crippen LogP contribution in [0.15, 0.2) is 89.5 Å². The van der Waals surface area contributed by atoms with Gasteiger partial charge in [-0.15, -0.1) is 0 Å². The molecule has 3 aromatic carbocycles. The molecule has 1 atom stereocenters. The Balaban J connectivity index is 1.45. The molecule has 0 bridgehead atoms. The second-order valence-electron chi connectivity index (χ2n) is 7.75. The van der Waals surface area contributed by atoms with E-state index in [1.165, 1.54) is 0 Å². The molecular formula is C26H23BrN4O4. The second-order valence-corrected chi connectivity index (χ2v) is 8.60. The molecule has 0 unspecified atom stereocenters. The quantitative estimate of drug-likeness (QED) is 0.266. The van der Waals surface area contributed by atoms with Crippen LogP contribution in [-0.2, 0) is 22.6 Å². The van der Waals surface area contributed by atoms with Crippen molar-refractivity contribution in [2.75, 3.05) is 0 Å². The van der Waals surface area contributed by atoms with Crippen molar-refractivity contribution in [2.24, 2.45) is 0 Å². The summed E-state index contributed by atoms with van der Waals surface area (Å²) in [5.74, 6) is -1.09. The van der Waals surface area contributed by atoms with E-state index >= 15 is 0 Å². The molecular weight excluding hydrogens is 512 g/mol. The van der Waals surface area contributed by atoms with Gasteiger partial charge in [0.25, 0.3) is 11.8 Å². The van der Waals surface area contributed by atoms with E-state index in [4.69, 9.17) is 4.74 Å². The Kier molecular flexibility index (Phi) is 7.79. The van der Waals surface area contributed by atoms with Gasteiger partial charge in [0.15, 0.2) is 0 Å². The molecule has 0 aliphatic rings. The minimum Gasteiger partial charge on any atom is -0.445 e. The van der Waals surface area contributed by atoms with E-state index in [0.29, 0.717) is 10.0 Å². The van der Waals surface area contributed by atoms with Gasteiger partial charge in [0, 0.05) is 28.0 Å². The van der Waals surface area contributed by atoms with Crippen LogP contribution in [0.3, 0.4) is 0 Å². The first-order valence-electron chi connectivity index (χ1n) is 10.9. The number of ether oxygens (including phenoxy) is 1. The predicted octanol–water partition coefficient (Wildman–Crippen LogP) is 4.23. The molecule has 0 aliphatic carbocycles. The Bertz CT molecular complexity index is 1340. The van der Waals surface area contributed by atoms with Crippen LogP contribution in [-0.4, -0.2) is 28.9 Å². The lowest BCUT2D eigenvalue weighted by atomic mass is 10.0. The number of fused-ring (bicyclic) bond motifs is 1. The monoisotopic (exact) mass is 534 g/mol. The van der Waals surface area contributed by atoms with E-state index in [-0.39, 0.29) is 13.0 Å². The van der Waals surface area contributed by atoms with Crippen molar-refractivity contribution < 1.29 is 19.1 Å². The highest BCUT2D eigenvalue weighted by molar-refractivity contribution is 9.10. The molecule has 0 spiro atoms. The first kappa shape index (κ1) is 24.0.